The van der Waals surface area contributed by atoms with Crippen molar-refractivity contribution in [2.45, 2.75) is 19.8 Å². The number of nitriles is 2. The summed E-state index contributed by atoms with van der Waals surface area (Å²) in [5.41, 5.74) is 2.94. The van der Waals surface area contributed by atoms with E-state index in [0.717, 1.165) is 28.9 Å². The third-order valence-electron chi connectivity index (χ3n) is 2.88. The first-order valence-electron chi connectivity index (χ1n) is 5.54. The molecule has 1 heterocycles. The quantitative estimate of drug-likeness (QED) is 0.636. The minimum absolute atomic E-state index is 0.197. The summed E-state index contributed by atoms with van der Waals surface area (Å²) in [6.07, 6.45) is 1.54. The molecule has 1 aromatic rings. The highest BCUT2D eigenvalue weighted by atomic mass is 16.5. The van der Waals surface area contributed by atoms with Gasteiger partial charge >= 0.3 is 0 Å². The Morgan fingerprint density at radius 1 is 1.29 bits per heavy atom. The predicted octanol–water partition coefficient (Wildman–Crippen LogP) is 2.97. The standard InChI is InChI=1S/C14H12N2O/c1-10-4-2-5-13-12(11(8-15)9-16)6-3-7-17-14(10)13/h2,4-5H,3,6-7H2,1H3. The van der Waals surface area contributed by atoms with Crippen molar-refractivity contribution >= 4 is 5.57 Å². The van der Waals surface area contributed by atoms with Gasteiger partial charge in [0, 0.05) is 5.56 Å². The molecule has 0 amide bonds. The zero-order valence-corrected chi connectivity index (χ0v) is 9.66. The number of benzene rings is 1. The molecule has 3 heteroatoms. The smallest absolute Gasteiger partial charge is 0.133 e. The first-order chi connectivity index (χ1) is 8.27. The van der Waals surface area contributed by atoms with Crippen molar-refractivity contribution in [2.75, 3.05) is 6.61 Å². The number of hydrogen-bond donors (Lipinski definition) is 0. The fraction of sp³-hybridized carbons (Fsp3) is 0.286. The molecule has 0 saturated carbocycles. The summed E-state index contributed by atoms with van der Waals surface area (Å²) in [6, 6.07) is 9.76. The molecule has 1 aromatic carbocycles. The maximum absolute atomic E-state index is 8.99. The van der Waals surface area contributed by atoms with Crippen LogP contribution in [0.25, 0.3) is 5.57 Å². The highest BCUT2D eigenvalue weighted by molar-refractivity contribution is 5.79. The Labute approximate surface area is 101 Å². The molecule has 0 N–H and O–H groups in total. The summed E-state index contributed by atoms with van der Waals surface area (Å²) in [5.74, 6) is 0.808. The minimum Gasteiger partial charge on any atom is -0.493 e. The molecule has 0 unspecified atom stereocenters. The van der Waals surface area contributed by atoms with E-state index >= 15 is 0 Å². The molecular formula is C14H12N2O. The molecule has 84 valence electrons. The van der Waals surface area contributed by atoms with Crippen molar-refractivity contribution in [3.8, 4) is 17.9 Å². The second kappa shape index (κ2) is 4.72. The van der Waals surface area contributed by atoms with Crippen LogP contribution in [-0.4, -0.2) is 6.61 Å². The summed E-state index contributed by atoms with van der Waals surface area (Å²) in [7, 11) is 0. The SMILES string of the molecule is Cc1cccc2c1OCCCC2=C(C#N)C#N. The van der Waals surface area contributed by atoms with Crippen LogP contribution in [-0.2, 0) is 0 Å². The van der Waals surface area contributed by atoms with Crippen LogP contribution < -0.4 is 4.74 Å². The van der Waals surface area contributed by atoms with Crippen molar-refractivity contribution in [3.63, 3.8) is 0 Å². The molecule has 1 aliphatic rings. The predicted molar refractivity (Wildman–Crippen MR) is 64.1 cm³/mol. The van der Waals surface area contributed by atoms with E-state index in [4.69, 9.17) is 15.3 Å². The number of para-hydroxylation sites is 1. The molecule has 0 fully saturated rings. The monoisotopic (exact) mass is 224 g/mol. The van der Waals surface area contributed by atoms with Crippen molar-refractivity contribution in [1.82, 2.24) is 0 Å². The third-order valence-corrected chi connectivity index (χ3v) is 2.88. The van der Waals surface area contributed by atoms with Gasteiger partial charge in [-0.15, -0.1) is 0 Å². The first kappa shape index (κ1) is 11.2. The van der Waals surface area contributed by atoms with Gasteiger partial charge in [-0.25, -0.2) is 0 Å². The molecule has 0 atom stereocenters. The van der Waals surface area contributed by atoms with Gasteiger partial charge in [0.25, 0.3) is 0 Å². The number of rotatable bonds is 0. The second-order valence-corrected chi connectivity index (χ2v) is 3.98. The minimum atomic E-state index is 0.197. The van der Waals surface area contributed by atoms with Crippen LogP contribution in [0.4, 0.5) is 0 Å². The highest BCUT2D eigenvalue weighted by Crippen LogP contribution is 2.36. The third kappa shape index (κ3) is 2.00. The lowest BCUT2D eigenvalue weighted by Crippen LogP contribution is -1.96. The maximum Gasteiger partial charge on any atom is 0.133 e. The van der Waals surface area contributed by atoms with E-state index < -0.39 is 0 Å². The van der Waals surface area contributed by atoms with E-state index in [9.17, 15) is 0 Å². The van der Waals surface area contributed by atoms with Crippen LogP contribution >= 0.6 is 0 Å². The molecule has 0 radical (unpaired) electrons. The van der Waals surface area contributed by atoms with Gasteiger partial charge in [-0.05, 0) is 30.9 Å². The molecule has 0 saturated heterocycles. The lowest BCUT2D eigenvalue weighted by Gasteiger charge is -2.11. The van der Waals surface area contributed by atoms with E-state index in [1.54, 1.807) is 0 Å². The molecular weight excluding hydrogens is 212 g/mol. The van der Waals surface area contributed by atoms with Crippen LogP contribution in [0.2, 0.25) is 0 Å². The summed E-state index contributed by atoms with van der Waals surface area (Å²) in [4.78, 5) is 0. The number of hydrogen-bond acceptors (Lipinski definition) is 3. The van der Waals surface area contributed by atoms with Gasteiger partial charge in [0.1, 0.15) is 23.5 Å². The molecule has 0 aromatic heterocycles. The Hall–Kier alpha value is -2.26. The average Bonchev–Trinajstić information content (AvgIpc) is 2.55. The molecule has 17 heavy (non-hydrogen) atoms. The van der Waals surface area contributed by atoms with E-state index in [2.05, 4.69) is 0 Å². The zero-order valence-electron chi connectivity index (χ0n) is 9.66. The topological polar surface area (TPSA) is 56.8 Å². The Kier molecular flexibility index (Phi) is 3.12. The van der Waals surface area contributed by atoms with Crippen LogP contribution in [0, 0.1) is 29.6 Å². The molecule has 2 rings (SSSR count). The molecule has 3 nitrogen and oxygen atoms in total. The summed E-state index contributed by atoms with van der Waals surface area (Å²) in [5, 5.41) is 18.0. The lowest BCUT2D eigenvalue weighted by molar-refractivity contribution is 0.315. The lowest BCUT2D eigenvalue weighted by atomic mass is 9.95. The molecule has 0 aliphatic carbocycles. The fourth-order valence-electron chi connectivity index (χ4n) is 2.06. The Bertz CT molecular complexity index is 543. The van der Waals surface area contributed by atoms with Gasteiger partial charge in [0.15, 0.2) is 0 Å². The van der Waals surface area contributed by atoms with Crippen molar-refractivity contribution < 1.29 is 4.74 Å². The Morgan fingerprint density at radius 2 is 2.06 bits per heavy atom. The number of nitrogens with zero attached hydrogens (tertiary/aromatic N) is 2. The molecule has 0 spiro atoms. The van der Waals surface area contributed by atoms with E-state index in [0.29, 0.717) is 13.0 Å². The Morgan fingerprint density at radius 3 is 2.76 bits per heavy atom. The van der Waals surface area contributed by atoms with Crippen LogP contribution in [0.1, 0.15) is 24.0 Å². The summed E-state index contributed by atoms with van der Waals surface area (Å²) >= 11 is 0. The van der Waals surface area contributed by atoms with Crippen molar-refractivity contribution in [1.29, 1.82) is 10.5 Å². The fourth-order valence-corrected chi connectivity index (χ4v) is 2.06. The normalized spacial score (nSPS) is 13.7. The van der Waals surface area contributed by atoms with Gasteiger partial charge in [0.2, 0.25) is 0 Å². The van der Waals surface area contributed by atoms with Crippen LogP contribution in [0.15, 0.2) is 23.8 Å². The molecule has 1 aliphatic heterocycles. The van der Waals surface area contributed by atoms with Crippen LogP contribution in [0.5, 0.6) is 5.75 Å². The van der Waals surface area contributed by atoms with Gasteiger partial charge in [-0.2, -0.15) is 10.5 Å². The number of aryl methyl sites for hydroxylation is 1. The summed E-state index contributed by atoms with van der Waals surface area (Å²) < 4.78 is 5.70. The molecule has 0 bridgehead atoms. The Balaban J connectivity index is 2.69. The number of fused-ring (bicyclic) bond motifs is 1. The van der Waals surface area contributed by atoms with Gasteiger partial charge in [0.05, 0.1) is 6.61 Å². The van der Waals surface area contributed by atoms with E-state index in [-0.39, 0.29) is 5.57 Å². The largest absolute Gasteiger partial charge is 0.493 e. The van der Waals surface area contributed by atoms with Gasteiger partial charge in [-0.1, -0.05) is 18.2 Å². The van der Waals surface area contributed by atoms with Gasteiger partial charge in [-0.3, -0.25) is 0 Å². The zero-order chi connectivity index (χ0) is 12.3. The highest BCUT2D eigenvalue weighted by Gasteiger charge is 2.18. The first-order valence-corrected chi connectivity index (χ1v) is 5.54. The average molecular weight is 224 g/mol. The van der Waals surface area contributed by atoms with Crippen molar-refractivity contribution in [2.24, 2.45) is 0 Å². The van der Waals surface area contributed by atoms with Gasteiger partial charge < -0.3 is 4.74 Å². The van der Waals surface area contributed by atoms with Crippen LogP contribution in [0.3, 0.4) is 0 Å². The van der Waals surface area contributed by atoms with Crippen molar-refractivity contribution in [3.05, 3.63) is 34.9 Å². The van der Waals surface area contributed by atoms with E-state index in [1.807, 2.05) is 37.3 Å². The second-order valence-electron chi connectivity index (χ2n) is 3.98. The number of ether oxygens (including phenoxy) is 1. The maximum atomic E-state index is 8.99. The summed E-state index contributed by atoms with van der Waals surface area (Å²) in [6.45, 7) is 2.60. The number of allylic oxidation sites excluding steroid dienone is 2. The van der Waals surface area contributed by atoms with E-state index in [1.165, 1.54) is 0 Å².